The number of nitrogens with zero attached hydrogens (tertiary/aromatic N) is 1. The number of nitrogens with one attached hydrogen (secondary N) is 1. The number of aryl methyl sites for hydroxylation is 1. The summed E-state index contributed by atoms with van der Waals surface area (Å²) in [5, 5.41) is 3.15. The topological polar surface area (TPSA) is 38.1 Å². The zero-order chi connectivity index (χ0) is 12.5. The van der Waals surface area contributed by atoms with Crippen molar-refractivity contribution in [3.8, 4) is 11.5 Å². The van der Waals surface area contributed by atoms with Crippen molar-refractivity contribution in [3.63, 3.8) is 0 Å². The number of rotatable bonds is 2. The Kier molecular flexibility index (Phi) is 2.52. The molecule has 2 aromatic carbocycles. The highest BCUT2D eigenvalue weighted by Gasteiger charge is 2.11. The first-order valence-electron chi connectivity index (χ1n) is 5.92. The van der Waals surface area contributed by atoms with Crippen molar-refractivity contribution in [1.29, 1.82) is 0 Å². The van der Waals surface area contributed by atoms with Gasteiger partial charge in [0.2, 0.25) is 5.89 Å². The number of aromatic nitrogens is 1. The van der Waals surface area contributed by atoms with Gasteiger partial charge in [-0.1, -0.05) is 18.2 Å². The minimum atomic E-state index is 0.653. The third-order valence-corrected chi connectivity index (χ3v) is 2.97. The van der Waals surface area contributed by atoms with Gasteiger partial charge in [0, 0.05) is 12.7 Å². The van der Waals surface area contributed by atoms with Crippen molar-refractivity contribution in [1.82, 2.24) is 4.98 Å². The molecule has 1 aromatic heterocycles. The average Bonchev–Trinajstić information content (AvgIpc) is 2.81. The van der Waals surface area contributed by atoms with Gasteiger partial charge in [-0.3, -0.25) is 0 Å². The van der Waals surface area contributed by atoms with Crippen LogP contribution in [0.2, 0.25) is 0 Å². The molecule has 0 aliphatic heterocycles. The summed E-state index contributed by atoms with van der Waals surface area (Å²) in [6, 6.07) is 14.0. The molecular formula is C15H14N2O. The van der Waals surface area contributed by atoms with Crippen LogP contribution in [-0.2, 0) is 0 Å². The summed E-state index contributed by atoms with van der Waals surface area (Å²) in [7, 11) is 1.89. The molecule has 0 amide bonds. The lowest BCUT2D eigenvalue weighted by Gasteiger charge is -2.04. The van der Waals surface area contributed by atoms with Crippen molar-refractivity contribution < 1.29 is 4.42 Å². The predicted molar refractivity (Wildman–Crippen MR) is 73.7 cm³/mol. The van der Waals surface area contributed by atoms with E-state index in [0.29, 0.717) is 5.89 Å². The lowest BCUT2D eigenvalue weighted by atomic mass is 10.2. The van der Waals surface area contributed by atoms with Gasteiger partial charge in [-0.25, -0.2) is 4.98 Å². The molecule has 0 bridgehead atoms. The maximum absolute atomic E-state index is 5.83. The van der Waals surface area contributed by atoms with Crippen LogP contribution in [0.1, 0.15) is 5.56 Å². The second kappa shape index (κ2) is 4.18. The zero-order valence-corrected chi connectivity index (χ0v) is 10.4. The fraction of sp³-hybridized carbons (Fsp3) is 0.133. The standard InChI is InChI=1S/C15H14N2O/c1-10-7-8-13-14(9-10)18-15(17-13)11-5-3-4-6-12(11)16-2/h3-9,16H,1-2H3. The van der Waals surface area contributed by atoms with Gasteiger partial charge in [0.1, 0.15) is 5.52 Å². The quantitative estimate of drug-likeness (QED) is 0.737. The van der Waals surface area contributed by atoms with E-state index in [1.54, 1.807) is 0 Å². The number of hydrogen-bond donors (Lipinski definition) is 1. The number of para-hydroxylation sites is 1. The molecule has 0 spiro atoms. The van der Waals surface area contributed by atoms with Crippen molar-refractivity contribution in [2.45, 2.75) is 6.92 Å². The Bertz CT molecular complexity index is 701. The minimum Gasteiger partial charge on any atom is -0.436 e. The molecule has 1 heterocycles. The molecule has 1 N–H and O–H groups in total. The maximum Gasteiger partial charge on any atom is 0.229 e. The molecule has 3 heteroatoms. The van der Waals surface area contributed by atoms with Gasteiger partial charge in [-0.05, 0) is 36.8 Å². The first-order valence-corrected chi connectivity index (χ1v) is 5.92. The lowest BCUT2D eigenvalue weighted by molar-refractivity contribution is 0.620. The Balaban J connectivity index is 2.19. The van der Waals surface area contributed by atoms with E-state index in [9.17, 15) is 0 Å². The van der Waals surface area contributed by atoms with E-state index >= 15 is 0 Å². The summed E-state index contributed by atoms with van der Waals surface area (Å²) in [6.45, 7) is 2.04. The van der Waals surface area contributed by atoms with Crippen LogP contribution >= 0.6 is 0 Å². The van der Waals surface area contributed by atoms with Crippen LogP contribution in [0.5, 0.6) is 0 Å². The van der Waals surface area contributed by atoms with E-state index in [-0.39, 0.29) is 0 Å². The summed E-state index contributed by atoms with van der Waals surface area (Å²) in [5.74, 6) is 0.653. The Morgan fingerprint density at radius 3 is 2.78 bits per heavy atom. The number of fused-ring (bicyclic) bond motifs is 1. The van der Waals surface area contributed by atoms with E-state index in [0.717, 1.165) is 22.4 Å². The van der Waals surface area contributed by atoms with Crippen LogP contribution in [0, 0.1) is 6.92 Å². The van der Waals surface area contributed by atoms with Crippen LogP contribution in [-0.4, -0.2) is 12.0 Å². The summed E-state index contributed by atoms with van der Waals surface area (Å²) >= 11 is 0. The number of anilines is 1. The fourth-order valence-corrected chi connectivity index (χ4v) is 2.03. The highest BCUT2D eigenvalue weighted by atomic mass is 16.3. The zero-order valence-electron chi connectivity index (χ0n) is 10.4. The SMILES string of the molecule is CNc1ccccc1-c1nc2ccc(C)cc2o1. The second-order valence-electron chi connectivity index (χ2n) is 4.29. The van der Waals surface area contributed by atoms with E-state index in [4.69, 9.17) is 4.42 Å². The second-order valence-corrected chi connectivity index (χ2v) is 4.29. The van der Waals surface area contributed by atoms with E-state index < -0.39 is 0 Å². The molecule has 0 saturated carbocycles. The third kappa shape index (κ3) is 1.74. The molecule has 0 aliphatic rings. The Morgan fingerprint density at radius 1 is 1.11 bits per heavy atom. The normalized spacial score (nSPS) is 10.8. The first-order chi connectivity index (χ1) is 8.78. The van der Waals surface area contributed by atoms with Crippen molar-refractivity contribution in [2.24, 2.45) is 0 Å². The molecule has 18 heavy (non-hydrogen) atoms. The molecule has 90 valence electrons. The number of hydrogen-bond acceptors (Lipinski definition) is 3. The number of oxazole rings is 1. The molecule has 3 rings (SSSR count). The summed E-state index contributed by atoms with van der Waals surface area (Å²) in [6.07, 6.45) is 0. The first kappa shape index (κ1) is 10.8. The Morgan fingerprint density at radius 2 is 1.94 bits per heavy atom. The molecule has 0 aliphatic carbocycles. The van der Waals surface area contributed by atoms with E-state index in [1.165, 1.54) is 5.56 Å². The van der Waals surface area contributed by atoms with Crippen LogP contribution < -0.4 is 5.32 Å². The van der Waals surface area contributed by atoms with E-state index in [2.05, 4.69) is 10.3 Å². The predicted octanol–water partition coefficient (Wildman–Crippen LogP) is 3.84. The summed E-state index contributed by atoms with van der Waals surface area (Å²) in [4.78, 5) is 4.53. The Labute approximate surface area is 105 Å². The molecule has 0 radical (unpaired) electrons. The maximum atomic E-state index is 5.83. The highest BCUT2D eigenvalue weighted by Crippen LogP contribution is 2.29. The van der Waals surface area contributed by atoms with Gasteiger partial charge in [0.15, 0.2) is 5.58 Å². The molecule has 0 fully saturated rings. The minimum absolute atomic E-state index is 0.653. The highest BCUT2D eigenvalue weighted by molar-refractivity contribution is 5.80. The van der Waals surface area contributed by atoms with Gasteiger partial charge in [-0.2, -0.15) is 0 Å². The number of benzene rings is 2. The smallest absolute Gasteiger partial charge is 0.229 e. The molecular weight excluding hydrogens is 224 g/mol. The third-order valence-electron chi connectivity index (χ3n) is 2.97. The van der Waals surface area contributed by atoms with Crippen LogP contribution in [0.4, 0.5) is 5.69 Å². The molecule has 0 atom stereocenters. The molecule has 0 unspecified atom stereocenters. The van der Waals surface area contributed by atoms with Gasteiger partial charge in [-0.15, -0.1) is 0 Å². The molecule has 0 saturated heterocycles. The van der Waals surface area contributed by atoms with Gasteiger partial charge >= 0.3 is 0 Å². The largest absolute Gasteiger partial charge is 0.436 e. The Hall–Kier alpha value is -2.29. The summed E-state index contributed by atoms with van der Waals surface area (Å²) < 4.78 is 5.83. The average molecular weight is 238 g/mol. The van der Waals surface area contributed by atoms with Crippen LogP contribution in [0.3, 0.4) is 0 Å². The lowest BCUT2D eigenvalue weighted by Crippen LogP contribution is -1.91. The van der Waals surface area contributed by atoms with Gasteiger partial charge < -0.3 is 9.73 Å². The van der Waals surface area contributed by atoms with Gasteiger partial charge in [0.25, 0.3) is 0 Å². The van der Waals surface area contributed by atoms with E-state index in [1.807, 2.05) is 56.4 Å². The van der Waals surface area contributed by atoms with Crippen LogP contribution in [0.15, 0.2) is 46.9 Å². The molecule has 3 nitrogen and oxygen atoms in total. The van der Waals surface area contributed by atoms with Gasteiger partial charge in [0.05, 0.1) is 5.56 Å². The van der Waals surface area contributed by atoms with Crippen molar-refractivity contribution in [2.75, 3.05) is 12.4 Å². The monoisotopic (exact) mass is 238 g/mol. The summed E-state index contributed by atoms with van der Waals surface area (Å²) in [5.41, 5.74) is 4.89. The van der Waals surface area contributed by atoms with Crippen LogP contribution in [0.25, 0.3) is 22.6 Å². The van der Waals surface area contributed by atoms with Crippen molar-refractivity contribution >= 4 is 16.8 Å². The van der Waals surface area contributed by atoms with Crippen molar-refractivity contribution in [3.05, 3.63) is 48.0 Å². The molecule has 3 aromatic rings. The fourth-order valence-electron chi connectivity index (χ4n) is 2.03.